The number of aliphatic hydroxyl groups is 2. The number of carbonyl (C=O) groups is 1. The Morgan fingerprint density at radius 1 is 1.38 bits per heavy atom. The molecule has 16 heavy (non-hydrogen) atoms. The van der Waals surface area contributed by atoms with E-state index < -0.39 is 24.4 Å². The van der Waals surface area contributed by atoms with Crippen LogP contribution in [0.3, 0.4) is 0 Å². The fourth-order valence-electron chi connectivity index (χ4n) is 1.32. The molecule has 0 aromatic carbocycles. The second-order valence-corrected chi connectivity index (χ2v) is 3.69. The van der Waals surface area contributed by atoms with Crippen molar-refractivity contribution in [2.24, 2.45) is 0 Å². The molecule has 0 aromatic heterocycles. The lowest BCUT2D eigenvalue weighted by atomic mass is 9.93. The number of nitrogens with zero attached hydrogens (tertiary/aromatic N) is 1. The summed E-state index contributed by atoms with van der Waals surface area (Å²) in [5.41, 5.74) is -1.29. The lowest BCUT2D eigenvalue weighted by Crippen LogP contribution is -2.48. The van der Waals surface area contributed by atoms with Gasteiger partial charge in [-0.3, -0.25) is 0 Å². The number of carbonyl (C=O) groups excluding carboxylic acids is 1. The molecule has 0 atom stereocenters. The zero-order valence-electron chi connectivity index (χ0n) is 8.33. The van der Waals surface area contributed by atoms with Crippen LogP contribution in [-0.2, 0) is 9.63 Å². The minimum absolute atomic E-state index is 0.0428. The van der Waals surface area contributed by atoms with Crippen LogP contribution in [0, 0.1) is 0 Å². The molecular weight excluding hydrogens is 231 g/mol. The highest BCUT2D eigenvalue weighted by atomic mass is 19.4. The average molecular weight is 243 g/mol. The van der Waals surface area contributed by atoms with E-state index >= 15 is 0 Å². The summed E-state index contributed by atoms with van der Waals surface area (Å²) in [5.74, 6) is -2.28. The molecule has 0 radical (unpaired) electrons. The lowest BCUT2D eigenvalue weighted by Gasteiger charge is -2.35. The van der Waals surface area contributed by atoms with Crippen LogP contribution in [0.5, 0.6) is 0 Å². The molecule has 1 fully saturated rings. The normalized spacial score (nSPS) is 21.8. The molecule has 1 aliphatic rings. The Morgan fingerprint density at radius 2 is 1.88 bits per heavy atom. The van der Waals surface area contributed by atoms with E-state index in [0.29, 0.717) is 0 Å². The SMILES string of the molecule is O=C(ON1CCC(O)(CO)CC1)C(F)(F)F. The van der Waals surface area contributed by atoms with Crippen molar-refractivity contribution in [3.63, 3.8) is 0 Å². The van der Waals surface area contributed by atoms with E-state index in [4.69, 9.17) is 5.11 Å². The summed E-state index contributed by atoms with van der Waals surface area (Å²) in [6.07, 6.45) is -4.92. The molecule has 0 unspecified atom stereocenters. The van der Waals surface area contributed by atoms with Crippen molar-refractivity contribution in [2.75, 3.05) is 19.7 Å². The summed E-state index contributed by atoms with van der Waals surface area (Å²) >= 11 is 0. The third-order valence-electron chi connectivity index (χ3n) is 2.39. The van der Waals surface area contributed by atoms with E-state index in [1.807, 2.05) is 0 Å². The van der Waals surface area contributed by atoms with E-state index in [0.717, 1.165) is 5.06 Å². The first kappa shape index (κ1) is 13.2. The Kier molecular flexibility index (Phi) is 3.76. The highest BCUT2D eigenvalue weighted by Gasteiger charge is 2.43. The summed E-state index contributed by atoms with van der Waals surface area (Å²) in [6.45, 7) is -0.550. The molecule has 8 heteroatoms. The predicted molar refractivity (Wildman–Crippen MR) is 45.0 cm³/mol. The Labute approximate surface area is 89.4 Å². The number of aliphatic hydroxyl groups excluding tert-OH is 1. The number of piperidine rings is 1. The van der Waals surface area contributed by atoms with E-state index in [1.165, 1.54) is 0 Å². The maximum Gasteiger partial charge on any atom is 0.492 e. The van der Waals surface area contributed by atoms with E-state index in [1.54, 1.807) is 0 Å². The highest BCUT2D eigenvalue weighted by molar-refractivity contribution is 5.75. The fraction of sp³-hybridized carbons (Fsp3) is 0.875. The van der Waals surface area contributed by atoms with Gasteiger partial charge in [-0.1, -0.05) is 0 Å². The molecule has 0 bridgehead atoms. The Morgan fingerprint density at radius 3 is 2.25 bits per heavy atom. The molecule has 1 saturated heterocycles. The second-order valence-electron chi connectivity index (χ2n) is 3.69. The van der Waals surface area contributed by atoms with Gasteiger partial charge in [0.25, 0.3) is 0 Å². The molecule has 0 aromatic rings. The summed E-state index contributed by atoms with van der Waals surface area (Å²) < 4.78 is 35.5. The van der Waals surface area contributed by atoms with Crippen LogP contribution in [0.2, 0.25) is 0 Å². The number of hydroxylamine groups is 2. The Balaban J connectivity index is 2.41. The third-order valence-corrected chi connectivity index (χ3v) is 2.39. The smallest absolute Gasteiger partial charge is 0.393 e. The van der Waals surface area contributed by atoms with E-state index in [9.17, 15) is 23.1 Å². The van der Waals surface area contributed by atoms with Gasteiger partial charge in [0.15, 0.2) is 0 Å². The Hall–Kier alpha value is -0.860. The highest BCUT2D eigenvalue weighted by Crippen LogP contribution is 2.23. The first-order valence-corrected chi connectivity index (χ1v) is 4.64. The van der Waals surface area contributed by atoms with Crippen LogP contribution in [0.15, 0.2) is 0 Å². The lowest BCUT2D eigenvalue weighted by molar-refractivity contribution is -0.247. The van der Waals surface area contributed by atoms with Crippen LogP contribution in [0.25, 0.3) is 0 Å². The zero-order chi connectivity index (χ0) is 12.4. The molecule has 2 N–H and O–H groups in total. The van der Waals surface area contributed by atoms with Crippen molar-refractivity contribution in [1.82, 2.24) is 5.06 Å². The molecule has 0 amide bonds. The molecule has 1 rings (SSSR count). The summed E-state index contributed by atoms with van der Waals surface area (Å²) in [6, 6.07) is 0. The topological polar surface area (TPSA) is 70.0 Å². The van der Waals surface area contributed by atoms with Crippen molar-refractivity contribution < 1.29 is 33.0 Å². The number of hydrogen-bond acceptors (Lipinski definition) is 5. The van der Waals surface area contributed by atoms with E-state index in [2.05, 4.69) is 4.84 Å². The van der Waals surface area contributed by atoms with Gasteiger partial charge in [0, 0.05) is 13.1 Å². The van der Waals surface area contributed by atoms with Crippen molar-refractivity contribution in [3.05, 3.63) is 0 Å². The first-order valence-electron chi connectivity index (χ1n) is 4.64. The minimum Gasteiger partial charge on any atom is -0.393 e. The van der Waals surface area contributed by atoms with Gasteiger partial charge in [-0.25, -0.2) is 4.79 Å². The Bertz CT molecular complexity index is 260. The zero-order valence-corrected chi connectivity index (χ0v) is 8.33. The van der Waals surface area contributed by atoms with Gasteiger partial charge in [0.05, 0.1) is 12.2 Å². The summed E-state index contributed by atoms with van der Waals surface area (Å²) in [5, 5.41) is 19.2. The quantitative estimate of drug-likeness (QED) is 0.704. The molecule has 0 spiro atoms. The van der Waals surface area contributed by atoms with Gasteiger partial charge in [0.1, 0.15) is 0 Å². The van der Waals surface area contributed by atoms with Crippen LogP contribution in [0.4, 0.5) is 13.2 Å². The maximum atomic E-state index is 11.8. The molecule has 5 nitrogen and oxygen atoms in total. The van der Waals surface area contributed by atoms with Crippen LogP contribution in [-0.4, -0.2) is 52.7 Å². The number of halogens is 3. The number of alkyl halides is 3. The summed E-state index contributed by atoms with van der Waals surface area (Å²) in [7, 11) is 0. The van der Waals surface area contributed by atoms with Crippen LogP contribution >= 0.6 is 0 Å². The van der Waals surface area contributed by atoms with Crippen molar-refractivity contribution >= 4 is 5.97 Å². The standard InChI is InChI=1S/C8H12F3NO4/c9-8(10,11)6(14)16-12-3-1-7(15,5-13)2-4-12/h13,15H,1-5H2. The number of rotatable bonds is 2. The predicted octanol–water partition coefficient (Wildman–Crippen LogP) is -0.174. The van der Waals surface area contributed by atoms with Gasteiger partial charge < -0.3 is 15.1 Å². The van der Waals surface area contributed by atoms with Gasteiger partial charge in [-0.05, 0) is 12.8 Å². The fourth-order valence-corrected chi connectivity index (χ4v) is 1.32. The van der Waals surface area contributed by atoms with Gasteiger partial charge in [0.2, 0.25) is 0 Å². The summed E-state index contributed by atoms with van der Waals surface area (Å²) in [4.78, 5) is 14.5. The van der Waals surface area contributed by atoms with Gasteiger partial charge in [-0.2, -0.15) is 13.2 Å². The molecule has 1 heterocycles. The van der Waals surface area contributed by atoms with Crippen LogP contribution < -0.4 is 0 Å². The minimum atomic E-state index is -5.02. The molecule has 0 aliphatic carbocycles. The average Bonchev–Trinajstić information content (AvgIpc) is 2.20. The van der Waals surface area contributed by atoms with Crippen molar-refractivity contribution in [2.45, 2.75) is 24.6 Å². The largest absolute Gasteiger partial charge is 0.492 e. The van der Waals surface area contributed by atoms with Crippen molar-refractivity contribution in [3.8, 4) is 0 Å². The molecule has 94 valence electrons. The van der Waals surface area contributed by atoms with E-state index in [-0.39, 0.29) is 25.9 Å². The van der Waals surface area contributed by atoms with Gasteiger partial charge >= 0.3 is 12.1 Å². The molecule has 1 aliphatic heterocycles. The van der Waals surface area contributed by atoms with Crippen molar-refractivity contribution in [1.29, 1.82) is 0 Å². The third kappa shape index (κ3) is 3.32. The van der Waals surface area contributed by atoms with Gasteiger partial charge in [-0.15, -0.1) is 5.06 Å². The first-order chi connectivity index (χ1) is 7.27. The molecule has 0 saturated carbocycles. The number of hydrogen-bond donors (Lipinski definition) is 2. The molecular formula is C8H12F3NO4. The monoisotopic (exact) mass is 243 g/mol. The second kappa shape index (κ2) is 4.56. The maximum absolute atomic E-state index is 11.8. The van der Waals surface area contributed by atoms with Crippen LogP contribution in [0.1, 0.15) is 12.8 Å².